The molecular weight excluding hydrogens is 402 g/mol. The van der Waals surface area contributed by atoms with Crippen molar-refractivity contribution in [3.05, 3.63) is 53.2 Å². The largest absolute Gasteiger partial charge is 0.432 e. The monoisotopic (exact) mass is 423 g/mol. The van der Waals surface area contributed by atoms with Crippen molar-refractivity contribution in [1.82, 2.24) is 25.0 Å². The van der Waals surface area contributed by atoms with Gasteiger partial charge in [-0.25, -0.2) is 4.39 Å². The number of carbonyl (C=O) groups excluding carboxylic acids is 1. The highest BCUT2D eigenvalue weighted by molar-refractivity contribution is 5.93. The first-order valence-electron chi connectivity index (χ1n) is 9.71. The highest BCUT2D eigenvalue weighted by Gasteiger charge is 2.34. The number of fused-ring (bicyclic) bond motifs is 1. The zero-order valence-corrected chi connectivity index (χ0v) is 16.1. The van der Waals surface area contributed by atoms with Gasteiger partial charge in [0.2, 0.25) is 0 Å². The summed E-state index contributed by atoms with van der Waals surface area (Å²) in [5.74, 6) is -1.07. The molecule has 4 rings (SSSR count). The van der Waals surface area contributed by atoms with Crippen LogP contribution in [0.25, 0.3) is 10.9 Å². The van der Waals surface area contributed by atoms with Crippen LogP contribution in [0.15, 0.2) is 30.5 Å². The highest BCUT2D eigenvalue weighted by atomic mass is 19.4. The number of rotatable bonds is 6. The van der Waals surface area contributed by atoms with E-state index in [9.17, 15) is 22.4 Å². The van der Waals surface area contributed by atoms with Crippen LogP contribution in [-0.2, 0) is 12.7 Å². The number of benzene rings is 1. The van der Waals surface area contributed by atoms with Crippen LogP contribution < -0.4 is 0 Å². The second-order valence-electron chi connectivity index (χ2n) is 7.42. The predicted octanol–water partition coefficient (Wildman–Crippen LogP) is 3.79. The minimum absolute atomic E-state index is 0.0625. The number of H-pyrrole nitrogens is 2. The maximum atomic E-state index is 14.3. The van der Waals surface area contributed by atoms with E-state index < -0.39 is 23.6 Å². The van der Waals surface area contributed by atoms with E-state index in [-0.39, 0.29) is 12.2 Å². The van der Waals surface area contributed by atoms with E-state index in [1.807, 2.05) is 5.10 Å². The molecule has 2 N–H and O–H groups in total. The van der Waals surface area contributed by atoms with Gasteiger partial charge in [-0.2, -0.15) is 18.3 Å². The summed E-state index contributed by atoms with van der Waals surface area (Å²) in [4.78, 5) is 19.5. The van der Waals surface area contributed by atoms with Crippen molar-refractivity contribution in [2.45, 2.75) is 25.6 Å². The Morgan fingerprint density at radius 3 is 2.70 bits per heavy atom. The van der Waals surface area contributed by atoms with Crippen molar-refractivity contribution in [2.24, 2.45) is 0 Å². The lowest BCUT2D eigenvalue weighted by Gasteiger charge is -2.25. The smallest absolute Gasteiger partial charge is 0.359 e. The van der Waals surface area contributed by atoms with Crippen molar-refractivity contribution in [3.63, 3.8) is 0 Å². The van der Waals surface area contributed by atoms with Crippen LogP contribution >= 0.6 is 0 Å². The average Bonchev–Trinajstić information content (AvgIpc) is 3.45. The first kappa shape index (κ1) is 20.4. The number of carbonyl (C=O) groups is 1. The lowest BCUT2D eigenvalue weighted by molar-refractivity contribution is -0.141. The van der Waals surface area contributed by atoms with Crippen LogP contribution in [0.5, 0.6) is 0 Å². The summed E-state index contributed by atoms with van der Waals surface area (Å²) >= 11 is 0. The fourth-order valence-corrected chi connectivity index (χ4v) is 3.81. The van der Waals surface area contributed by atoms with E-state index in [2.05, 4.69) is 15.0 Å². The zero-order valence-electron chi connectivity index (χ0n) is 16.1. The molecule has 0 aliphatic carbocycles. The molecule has 3 aromatic rings. The van der Waals surface area contributed by atoms with Gasteiger partial charge in [-0.15, -0.1) is 0 Å². The molecule has 1 saturated heterocycles. The lowest BCUT2D eigenvalue weighted by atomic mass is 10.1. The van der Waals surface area contributed by atoms with Crippen molar-refractivity contribution < 1.29 is 22.4 Å². The van der Waals surface area contributed by atoms with Gasteiger partial charge in [-0.05, 0) is 37.6 Å². The van der Waals surface area contributed by atoms with Crippen LogP contribution in [0, 0.1) is 5.82 Å². The quantitative estimate of drug-likeness (QED) is 0.593. The molecule has 0 radical (unpaired) electrons. The minimum atomic E-state index is -4.62. The van der Waals surface area contributed by atoms with Crippen LogP contribution in [0.3, 0.4) is 0 Å². The van der Waals surface area contributed by atoms with Crippen molar-refractivity contribution in [2.75, 3.05) is 26.2 Å². The van der Waals surface area contributed by atoms with Crippen LogP contribution in [-0.4, -0.2) is 57.1 Å². The van der Waals surface area contributed by atoms with E-state index in [4.69, 9.17) is 0 Å². The Kier molecular flexibility index (Phi) is 5.50. The van der Waals surface area contributed by atoms with Gasteiger partial charge in [0.25, 0.3) is 5.91 Å². The van der Waals surface area contributed by atoms with Gasteiger partial charge in [0.05, 0.1) is 0 Å². The molecule has 2 aromatic heterocycles. The number of alkyl halides is 3. The van der Waals surface area contributed by atoms with Crippen molar-refractivity contribution >= 4 is 16.8 Å². The molecule has 30 heavy (non-hydrogen) atoms. The average molecular weight is 423 g/mol. The Morgan fingerprint density at radius 1 is 1.23 bits per heavy atom. The second-order valence-corrected chi connectivity index (χ2v) is 7.42. The Morgan fingerprint density at radius 2 is 2.00 bits per heavy atom. The molecule has 0 atom stereocenters. The van der Waals surface area contributed by atoms with Gasteiger partial charge in [0.1, 0.15) is 11.5 Å². The first-order chi connectivity index (χ1) is 14.3. The number of nitrogens with one attached hydrogen (secondary N) is 2. The Labute approximate surface area is 169 Å². The van der Waals surface area contributed by atoms with Gasteiger partial charge in [0, 0.05) is 42.8 Å². The number of nitrogens with zero attached hydrogens (tertiary/aromatic N) is 3. The normalized spacial score (nSPS) is 15.2. The van der Waals surface area contributed by atoms with Gasteiger partial charge in [0.15, 0.2) is 5.69 Å². The molecule has 10 heteroatoms. The Hall–Kier alpha value is -2.88. The van der Waals surface area contributed by atoms with Gasteiger partial charge in [-0.1, -0.05) is 12.1 Å². The molecule has 1 aromatic carbocycles. The summed E-state index contributed by atoms with van der Waals surface area (Å²) in [7, 11) is 0. The Bertz CT molecular complexity index is 1040. The molecule has 6 nitrogen and oxygen atoms in total. The van der Waals surface area contributed by atoms with Crippen molar-refractivity contribution in [3.8, 4) is 0 Å². The first-order valence-corrected chi connectivity index (χ1v) is 9.71. The summed E-state index contributed by atoms with van der Waals surface area (Å²) in [6, 6.07) is 5.89. The van der Waals surface area contributed by atoms with Gasteiger partial charge < -0.3 is 14.8 Å². The molecule has 1 aliphatic heterocycles. The fraction of sp³-hybridized carbons (Fsp3) is 0.400. The van der Waals surface area contributed by atoms with Crippen LogP contribution in [0.1, 0.15) is 34.6 Å². The molecule has 0 bridgehead atoms. The SMILES string of the molecule is O=C(c1cc(C(F)(F)F)[nH]n1)N(CCN1CCCC1)Cc1cccc2[nH]cc(F)c12. The highest BCUT2D eigenvalue weighted by Crippen LogP contribution is 2.28. The number of hydrogen-bond donors (Lipinski definition) is 2. The molecule has 1 fully saturated rings. The zero-order chi connectivity index (χ0) is 21.3. The fourth-order valence-electron chi connectivity index (χ4n) is 3.81. The number of likely N-dealkylation sites (tertiary alicyclic amines) is 1. The maximum absolute atomic E-state index is 14.3. The third-order valence-corrected chi connectivity index (χ3v) is 5.38. The Balaban J connectivity index is 1.60. The molecule has 3 heterocycles. The van der Waals surface area contributed by atoms with Gasteiger partial charge in [-0.3, -0.25) is 9.89 Å². The molecule has 1 amide bonds. The second kappa shape index (κ2) is 8.10. The van der Waals surface area contributed by atoms with Crippen LogP contribution in [0.2, 0.25) is 0 Å². The van der Waals surface area contributed by atoms with E-state index in [1.54, 1.807) is 18.2 Å². The third kappa shape index (κ3) is 4.18. The summed E-state index contributed by atoms with van der Waals surface area (Å²) in [6.45, 7) is 2.80. The van der Waals surface area contributed by atoms with E-state index in [1.165, 1.54) is 11.1 Å². The molecule has 0 saturated carbocycles. The topological polar surface area (TPSA) is 68.0 Å². The number of amides is 1. The van der Waals surface area contributed by atoms with Crippen LogP contribution in [0.4, 0.5) is 17.6 Å². The summed E-state index contributed by atoms with van der Waals surface area (Å²) in [5, 5.41) is 5.81. The number of aromatic nitrogens is 3. The molecule has 0 spiro atoms. The standard InChI is InChI=1S/C20H21F4N5O/c21-14-11-25-15-5-3-4-13(18(14)15)12-29(9-8-28-6-1-2-7-28)19(30)16-10-17(27-26-16)20(22,23)24/h3-5,10-11,25H,1-2,6-9,12H2,(H,26,27). The lowest BCUT2D eigenvalue weighted by Crippen LogP contribution is -2.37. The molecule has 0 unspecified atom stereocenters. The van der Waals surface area contributed by atoms with Gasteiger partial charge >= 0.3 is 6.18 Å². The molecule has 160 valence electrons. The predicted molar refractivity (Wildman–Crippen MR) is 102 cm³/mol. The minimum Gasteiger partial charge on any atom is -0.359 e. The molecule has 1 aliphatic rings. The summed E-state index contributed by atoms with van der Waals surface area (Å²) in [6.07, 6.45) is -1.22. The third-order valence-electron chi connectivity index (χ3n) is 5.38. The number of aromatic amines is 2. The maximum Gasteiger partial charge on any atom is 0.432 e. The van der Waals surface area contributed by atoms with E-state index >= 15 is 0 Å². The number of halogens is 4. The van der Waals surface area contributed by atoms with Crippen molar-refractivity contribution in [1.29, 1.82) is 0 Å². The summed E-state index contributed by atoms with van der Waals surface area (Å²) in [5.41, 5.74) is -0.224. The summed E-state index contributed by atoms with van der Waals surface area (Å²) < 4.78 is 53.0. The number of hydrogen-bond acceptors (Lipinski definition) is 3. The van der Waals surface area contributed by atoms with E-state index in [0.717, 1.165) is 25.9 Å². The molecular formula is C20H21F4N5O. The van der Waals surface area contributed by atoms with E-state index in [0.29, 0.717) is 35.6 Å².